The second-order valence-corrected chi connectivity index (χ2v) is 6.05. The molecule has 0 spiro atoms. The summed E-state index contributed by atoms with van der Waals surface area (Å²) in [6, 6.07) is 14.5. The molecule has 2 aromatic rings. The number of carbonyl (C=O) groups is 2. The van der Waals surface area contributed by atoms with Gasteiger partial charge in [-0.25, -0.2) is 0 Å². The second kappa shape index (κ2) is 8.89. The molecule has 0 aromatic heterocycles. The van der Waals surface area contributed by atoms with Crippen LogP contribution >= 0.6 is 0 Å². The fourth-order valence-corrected chi connectivity index (χ4v) is 2.42. The first-order valence-electron chi connectivity index (χ1n) is 8.31. The number of aryl methyl sites for hydroxylation is 1. The van der Waals surface area contributed by atoms with Crippen LogP contribution in [0.25, 0.3) is 0 Å². The van der Waals surface area contributed by atoms with Gasteiger partial charge in [-0.15, -0.1) is 0 Å². The third kappa shape index (κ3) is 5.51. The Kier molecular flexibility index (Phi) is 6.60. The molecule has 0 heterocycles. The van der Waals surface area contributed by atoms with E-state index in [1.807, 2.05) is 25.1 Å². The number of carbonyl (C=O) groups excluding carboxylic acids is 2. The summed E-state index contributed by atoms with van der Waals surface area (Å²) in [6.07, 6.45) is -0.685. The van der Waals surface area contributed by atoms with Crippen molar-refractivity contribution in [3.8, 4) is 11.5 Å². The predicted molar refractivity (Wildman–Crippen MR) is 101 cm³/mol. The first-order chi connectivity index (χ1) is 12.4. The molecule has 138 valence electrons. The van der Waals surface area contributed by atoms with E-state index >= 15 is 0 Å². The zero-order valence-corrected chi connectivity index (χ0v) is 15.5. The summed E-state index contributed by atoms with van der Waals surface area (Å²) in [6.45, 7) is 3.56. The molecule has 2 rings (SSSR count). The normalized spacial score (nSPS) is 11.4. The van der Waals surface area contributed by atoms with Crippen LogP contribution in [-0.4, -0.2) is 43.5 Å². The fourth-order valence-electron chi connectivity index (χ4n) is 2.42. The third-order valence-corrected chi connectivity index (χ3v) is 3.78. The first-order valence-corrected chi connectivity index (χ1v) is 8.31. The average Bonchev–Trinajstić information content (AvgIpc) is 2.61. The summed E-state index contributed by atoms with van der Waals surface area (Å²) in [5.74, 6) is 0.782. The molecular formula is C20H24N2O4. The standard InChI is InChI=1S/C20H24N2O4/c1-14-6-5-7-18(12-14)26-15(2)20(24)22(3)13-19(23)21-16-8-10-17(25-4)11-9-16/h5-12,15H,13H2,1-4H3,(H,21,23)/t15-/m1/s1. The summed E-state index contributed by atoms with van der Waals surface area (Å²) < 4.78 is 10.7. The zero-order chi connectivity index (χ0) is 19.1. The molecule has 0 aliphatic rings. The number of nitrogens with one attached hydrogen (secondary N) is 1. The Morgan fingerprint density at radius 2 is 1.81 bits per heavy atom. The smallest absolute Gasteiger partial charge is 0.263 e. The van der Waals surface area contributed by atoms with Crippen LogP contribution in [-0.2, 0) is 9.59 Å². The lowest BCUT2D eigenvalue weighted by Crippen LogP contribution is -2.41. The number of amides is 2. The van der Waals surface area contributed by atoms with Gasteiger partial charge in [0.2, 0.25) is 5.91 Å². The molecule has 0 saturated heterocycles. The number of rotatable bonds is 7. The van der Waals surface area contributed by atoms with Gasteiger partial charge >= 0.3 is 0 Å². The van der Waals surface area contributed by atoms with Gasteiger partial charge in [0.25, 0.3) is 5.91 Å². The number of hydrogen-bond donors (Lipinski definition) is 1. The van der Waals surface area contributed by atoms with Crippen molar-refractivity contribution in [2.75, 3.05) is 26.0 Å². The van der Waals surface area contributed by atoms with E-state index in [-0.39, 0.29) is 18.4 Å². The lowest BCUT2D eigenvalue weighted by Gasteiger charge is -2.22. The number of likely N-dealkylation sites (N-methyl/N-ethyl adjacent to an activating group) is 1. The van der Waals surface area contributed by atoms with E-state index in [2.05, 4.69) is 5.32 Å². The molecule has 0 radical (unpaired) electrons. The van der Waals surface area contributed by atoms with Gasteiger partial charge in [-0.1, -0.05) is 12.1 Å². The Morgan fingerprint density at radius 1 is 1.12 bits per heavy atom. The summed E-state index contributed by atoms with van der Waals surface area (Å²) in [4.78, 5) is 25.9. The Labute approximate surface area is 153 Å². The number of anilines is 1. The number of benzene rings is 2. The van der Waals surface area contributed by atoms with Crippen molar-refractivity contribution in [1.82, 2.24) is 4.90 Å². The fraction of sp³-hybridized carbons (Fsp3) is 0.300. The van der Waals surface area contributed by atoms with Crippen molar-refractivity contribution < 1.29 is 19.1 Å². The zero-order valence-electron chi connectivity index (χ0n) is 15.5. The summed E-state index contributed by atoms with van der Waals surface area (Å²) >= 11 is 0. The molecule has 26 heavy (non-hydrogen) atoms. The van der Waals surface area contributed by atoms with Gasteiger partial charge in [0.1, 0.15) is 11.5 Å². The van der Waals surface area contributed by atoms with Crippen LogP contribution in [0.5, 0.6) is 11.5 Å². The molecule has 0 saturated carbocycles. The summed E-state index contributed by atoms with van der Waals surface area (Å²) in [7, 11) is 3.15. The lowest BCUT2D eigenvalue weighted by molar-refractivity contribution is -0.139. The minimum Gasteiger partial charge on any atom is -0.497 e. The highest BCUT2D eigenvalue weighted by molar-refractivity contribution is 5.95. The minimum atomic E-state index is -0.685. The van der Waals surface area contributed by atoms with E-state index in [4.69, 9.17) is 9.47 Å². The molecule has 0 aliphatic heterocycles. The number of ether oxygens (including phenoxy) is 2. The molecule has 6 nitrogen and oxygen atoms in total. The molecule has 0 aliphatic carbocycles. The molecular weight excluding hydrogens is 332 g/mol. The number of hydrogen-bond acceptors (Lipinski definition) is 4. The van der Waals surface area contributed by atoms with Gasteiger partial charge in [-0.05, 0) is 55.8 Å². The van der Waals surface area contributed by atoms with Crippen LogP contribution < -0.4 is 14.8 Å². The molecule has 6 heteroatoms. The summed E-state index contributed by atoms with van der Waals surface area (Å²) in [5.41, 5.74) is 1.69. The Hall–Kier alpha value is -3.02. The van der Waals surface area contributed by atoms with Gasteiger partial charge in [-0.3, -0.25) is 9.59 Å². The maximum atomic E-state index is 12.4. The molecule has 0 fully saturated rings. The topological polar surface area (TPSA) is 67.9 Å². The predicted octanol–water partition coefficient (Wildman–Crippen LogP) is 2.87. The summed E-state index contributed by atoms with van der Waals surface area (Å²) in [5, 5.41) is 2.75. The highest BCUT2D eigenvalue weighted by Crippen LogP contribution is 2.16. The van der Waals surface area contributed by atoms with Crippen LogP contribution in [0.3, 0.4) is 0 Å². The monoisotopic (exact) mass is 356 g/mol. The molecule has 1 atom stereocenters. The Balaban J connectivity index is 1.87. The van der Waals surface area contributed by atoms with Crippen LogP contribution in [0.1, 0.15) is 12.5 Å². The number of nitrogens with zero attached hydrogens (tertiary/aromatic N) is 1. The largest absolute Gasteiger partial charge is 0.497 e. The SMILES string of the molecule is COc1ccc(NC(=O)CN(C)C(=O)[C@@H](C)Oc2cccc(C)c2)cc1. The first kappa shape index (κ1) is 19.3. The van der Waals surface area contributed by atoms with E-state index < -0.39 is 6.10 Å². The van der Waals surface area contributed by atoms with Gasteiger partial charge in [-0.2, -0.15) is 0 Å². The van der Waals surface area contributed by atoms with E-state index in [0.29, 0.717) is 17.2 Å². The van der Waals surface area contributed by atoms with Gasteiger partial charge < -0.3 is 19.7 Å². The van der Waals surface area contributed by atoms with Gasteiger partial charge in [0, 0.05) is 12.7 Å². The Bertz CT molecular complexity index is 759. The van der Waals surface area contributed by atoms with Crippen molar-refractivity contribution >= 4 is 17.5 Å². The molecule has 2 amide bonds. The quantitative estimate of drug-likeness (QED) is 0.828. The van der Waals surface area contributed by atoms with Crippen molar-refractivity contribution in [3.63, 3.8) is 0 Å². The van der Waals surface area contributed by atoms with Crippen molar-refractivity contribution in [1.29, 1.82) is 0 Å². The van der Waals surface area contributed by atoms with E-state index in [1.165, 1.54) is 4.90 Å². The van der Waals surface area contributed by atoms with E-state index in [9.17, 15) is 9.59 Å². The molecule has 2 aromatic carbocycles. The average molecular weight is 356 g/mol. The number of methoxy groups -OCH3 is 1. The lowest BCUT2D eigenvalue weighted by atomic mass is 10.2. The van der Waals surface area contributed by atoms with Crippen LogP contribution in [0.2, 0.25) is 0 Å². The third-order valence-electron chi connectivity index (χ3n) is 3.78. The van der Waals surface area contributed by atoms with Crippen LogP contribution in [0, 0.1) is 6.92 Å². The molecule has 0 bridgehead atoms. The highest BCUT2D eigenvalue weighted by atomic mass is 16.5. The Morgan fingerprint density at radius 3 is 2.42 bits per heavy atom. The highest BCUT2D eigenvalue weighted by Gasteiger charge is 2.21. The van der Waals surface area contributed by atoms with E-state index in [1.54, 1.807) is 51.4 Å². The van der Waals surface area contributed by atoms with Crippen molar-refractivity contribution in [2.24, 2.45) is 0 Å². The van der Waals surface area contributed by atoms with Crippen LogP contribution in [0.4, 0.5) is 5.69 Å². The van der Waals surface area contributed by atoms with Crippen LogP contribution in [0.15, 0.2) is 48.5 Å². The molecule has 1 N–H and O–H groups in total. The van der Waals surface area contributed by atoms with Crippen molar-refractivity contribution in [3.05, 3.63) is 54.1 Å². The van der Waals surface area contributed by atoms with Gasteiger partial charge in [0.15, 0.2) is 6.10 Å². The van der Waals surface area contributed by atoms with E-state index in [0.717, 1.165) is 5.56 Å². The van der Waals surface area contributed by atoms with Gasteiger partial charge in [0.05, 0.1) is 13.7 Å². The second-order valence-electron chi connectivity index (χ2n) is 6.05. The minimum absolute atomic E-state index is 0.0631. The van der Waals surface area contributed by atoms with Crippen molar-refractivity contribution in [2.45, 2.75) is 20.0 Å². The molecule has 0 unspecified atom stereocenters. The maximum Gasteiger partial charge on any atom is 0.263 e. The maximum absolute atomic E-state index is 12.4.